The van der Waals surface area contributed by atoms with Gasteiger partial charge in [0, 0.05) is 32.2 Å². The Balaban J connectivity index is 1.45. The summed E-state index contributed by atoms with van der Waals surface area (Å²) in [5.41, 5.74) is -0.180. The molecule has 1 atom stereocenters. The van der Waals surface area contributed by atoms with E-state index in [2.05, 4.69) is 35.0 Å². The van der Waals surface area contributed by atoms with Crippen LogP contribution in [0.3, 0.4) is 0 Å². The van der Waals surface area contributed by atoms with Crippen LogP contribution in [0.5, 0.6) is 0 Å². The highest BCUT2D eigenvalue weighted by molar-refractivity contribution is 7.89. The van der Waals surface area contributed by atoms with Crippen molar-refractivity contribution in [2.24, 2.45) is 0 Å². The van der Waals surface area contributed by atoms with Gasteiger partial charge < -0.3 is 14.4 Å². The van der Waals surface area contributed by atoms with Gasteiger partial charge in [0.15, 0.2) is 15.7 Å². The Hall–Kier alpha value is -2.37. The number of aromatic nitrogens is 5. The van der Waals surface area contributed by atoms with Gasteiger partial charge in [0.05, 0.1) is 42.9 Å². The minimum atomic E-state index is -3.95. The number of rotatable bonds is 6. The lowest BCUT2D eigenvalue weighted by Crippen LogP contribution is -2.59. The fourth-order valence-corrected chi connectivity index (χ4v) is 6.81. The Bertz CT molecular complexity index is 1390. The summed E-state index contributed by atoms with van der Waals surface area (Å²) in [4.78, 5) is 4.43. The van der Waals surface area contributed by atoms with Gasteiger partial charge in [-0.1, -0.05) is 16.6 Å². The molecule has 3 aromatic rings. The standard InChI is InChI=1S/C20H24F2N8O4S2/c1-20(10-34-11-20)26-36(31,32)13-6-14-16(18-24-25-19(35-18)17(21)22)23-27-30(14)15(7-13)29-3-2-28-4-5-33-9-12(28)8-29/h6-7,12,17,26H,2-5,8-11H2,1H3/t12-/m1/s1. The van der Waals surface area contributed by atoms with Gasteiger partial charge in [0.25, 0.3) is 6.43 Å². The number of ether oxygens (including phenoxy) is 2. The maximum absolute atomic E-state index is 13.4. The second-order valence-electron chi connectivity index (χ2n) is 9.40. The predicted octanol–water partition coefficient (Wildman–Crippen LogP) is 0.773. The normalized spacial score (nSPS) is 22.7. The first-order valence-corrected chi connectivity index (χ1v) is 13.7. The van der Waals surface area contributed by atoms with Gasteiger partial charge >= 0.3 is 0 Å². The summed E-state index contributed by atoms with van der Waals surface area (Å²) in [6.45, 7) is 6.49. The summed E-state index contributed by atoms with van der Waals surface area (Å²) in [5, 5.41) is 15.5. The molecule has 36 heavy (non-hydrogen) atoms. The zero-order valence-electron chi connectivity index (χ0n) is 19.3. The first-order chi connectivity index (χ1) is 17.2. The largest absolute Gasteiger partial charge is 0.378 e. The third-order valence-electron chi connectivity index (χ3n) is 6.60. The molecule has 3 aliphatic heterocycles. The summed E-state index contributed by atoms with van der Waals surface area (Å²) in [6.07, 6.45) is -2.77. The monoisotopic (exact) mass is 542 g/mol. The van der Waals surface area contributed by atoms with E-state index in [0.29, 0.717) is 49.0 Å². The van der Waals surface area contributed by atoms with E-state index in [1.54, 1.807) is 13.0 Å². The number of fused-ring (bicyclic) bond motifs is 2. The van der Waals surface area contributed by atoms with Crippen LogP contribution in [-0.4, -0.2) is 103 Å². The first kappa shape index (κ1) is 24.0. The van der Waals surface area contributed by atoms with Crippen LogP contribution in [0.4, 0.5) is 14.6 Å². The summed E-state index contributed by atoms with van der Waals surface area (Å²) >= 11 is 0.700. The van der Waals surface area contributed by atoms with Crippen LogP contribution in [0.25, 0.3) is 16.2 Å². The Kier molecular flexibility index (Phi) is 5.92. The first-order valence-electron chi connectivity index (χ1n) is 11.4. The molecular formula is C20H24F2N8O4S2. The average molecular weight is 543 g/mol. The minimum Gasteiger partial charge on any atom is -0.378 e. The number of piperazine rings is 1. The van der Waals surface area contributed by atoms with Gasteiger partial charge in [-0.25, -0.2) is 21.9 Å². The number of nitrogens with zero attached hydrogens (tertiary/aromatic N) is 7. The van der Waals surface area contributed by atoms with Crippen molar-refractivity contribution in [1.82, 2.24) is 34.6 Å². The summed E-state index contributed by atoms with van der Waals surface area (Å²) in [7, 11) is -3.95. The van der Waals surface area contributed by atoms with Gasteiger partial charge in [0.1, 0.15) is 11.3 Å². The summed E-state index contributed by atoms with van der Waals surface area (Å²) < 4.78 is 68.2. The molecule has 0 aromatic carbocycles. The van der Waals surface area contributed by atoms with E-state index in [-0.39, 0.29) is 34.9 Å². The van der Waals surface area contributed by atoms with Crippen molar-refractivity contribution in [3.05, 3.63) is 17.1 Å². The van der Waals surface area contributed by atoms with Crippen LogP contribution in [0.2, 0.25) is 0 Å². The maximum atomic E-state index is 13.4. The van der Waals surface area contributed by atoms with Crippen LogP contribution < -0.4 is 9.62 Å². The summed E-state index contributed by atoms with van der Waals surface area (Å²) in [6, 6.07) is 3.17. The molecule has 0 spiro atoms. The van der Waals surface area contributed by atoms with Crippen molar-refractivity contribution >= 4 is 32.7 Å². The fourth-order valence-electron chi connectivity index (χ4n) is 4.71. The Morgan fingerprint density at radius 3 is 2.72 bits per heavy atom. The van der Waals surface area contributed by atoms with Gasteiger partial charge in [0.2, 0.25) is 10.0 Å². The molecule has 1 N–H and O–H groups in total. The van der Waals surface area contributed by atoms with Crippen molar-refractivity contribution in [3.63, 3.8) is 0 Å². The van der Waals surface area contributed by atoms with Crippen LogP contribution in [-0.2, 0) is 19.5 Å². The van der Waals surface area contributed by atoms with Crippen molar-refractivity contribution in [2.45, 2.75) is 29.8 Å². The van der Waals surface area contributed by atoms with Gasteiger partial charge in [-0.3, -0.25) is 4.90 Å². The van der Waals surface area contributed by atoms with E-state index in [4.69, 9.17) is 9.47 Å². The average Bonchev–Trinajstić information content (AvgIpc) is 3.49. The number of halogens is 2. The molecule has 0 aliphatic carbocycles. The molecule has 6 heterocycles. The highest BCUT2D eigenvalue weighted by atomic mass is 32.2. The Morgan fingerprint density at radius 2 is 2.00 bits per heavy atom. The summed E-state index contributed by atoms with van der Waals surface area (Å²) in [5.74, 6) is 0.533. The SMILES string of the molecule is CC1(NS(=O)(=O)c2cc(N3CCN4CCOC[C@H]4C3)n3nnc(-c4nnc(C(F)F)s4)c3c2)COC1. The van der Waals surface area contributed by atoms with E-state index >= 15 is 0 Å². The molecule has 3 fully saturated rings. The molecule has 194 valence electrons. The fraction of sp³-hybridized carbons (Fsp3) is 0.600. The van der Waals surface area contributed by atoms with Gasteiger partial charge in [-0.15, -0.1) is 15.3 Å². The van der Waals surface area contributed by atoms with Crippen molar-refractivity contribution in [1.29, 1.82) is 0 Å². The molecule has 6 rings (SSSR count). The number of anilines is 1. The maximum Gasteiger partial charge on any atom is 0.291 e. The third-order valence-corrected chi connectivity index (χ3v) is 9.15. The van der Waals surface area contributed by atoms with Crippen LogP contribution in [0, 0.1) is 0 Å². The third kappa shape index (κ3) is 4.24. The molecule has 0 unspecified atom stereocenters. The number of pyridine rings is 1. The van der Waals surface area contributed by atoms with E-state index in [1.807, 2.05) is 0 Å². The Labute approximate surface area is 209 Å². The van der Waals surface area contributed by atoms with Crippen molar-refractivity contribution < 1.29 is 26.7 Å². The van der Waals surface area contributed by atoms with Crippen LogP contribution in [0.1, 0.15) is 18.4 Å². The van der Waals surface area contributed by atoms with E-state index in [0.717, 1.165) is 13.1 Å². The molecular weight excluding hydrogens is 518 g/mol. The molecule has 0 radical (unpaired) electrons. The topological polar surface area (TPSA) is 127 Å². The number of nitrogens with one attached hydrogen (secondary N) is 1. The van der Waals surface area contributed by atoms with Crippen LogP contribution >= 0.6 is 11.3 Å². The van der Waals surface area contributed by atoms with E-state index < -0.39 is 27.0 Å². The zero-order chi connectivity index (χ0) is 25.1. The second kappa shape index (κ2) is 8.88. The van der Waals surface area contributed by atoms with Crippen molar-refractivity contribution in [2.75, 3.05) is 57.5 Å². The minimum absolute atomic E-state index is 0.0163. The molecule has 3 aromatic heterocycles. The lowest BCUT2D eigenvalue weighted by molar-refractivity contribution is -0.0523. The number of hydrogen-bond acceptors (Lipinski definition) is 11. The van der Waals surface area contributed by atoms with Crippen LogP contribution in [0.15, 0.2) is 17.0 Å². The number of alkyl halides is 2. The molecule has 3 saturated heterocycles. The Morgan fingerprint density at radius 1 is 1.17 bits per heavy atom. The zero-order valence-corrected chi connectivity index (χ0v) is 20.9. The highest BCUT2D eigenvalue weighted by Crippen LogP contribution is 2.34. The van der Waals surface area contributed by atoms with E-state index in [1.165, 1.54) is 10.6 Å². The smallest absolute Gasteiger partial charge is 0.291 e. The lowest BCUT2D eigenvalue weighted by Gasteiger charge is -2.44. The van der Waals surface area contributed by atoms with Gasteiger partial charge in [-0.2, -0.15) is 4.52 Å². The van der Waals surface area contributed by atoms with E-state index in [9.17, 15) is 17.2 Å². The number of hydrogen-bond donors (Lipinski definition) is 1. The molecule has 16 heteroatoms. The molecule has 12 nitrogen and oxygen atoms in total. The molecule has 3 aliphatic rings. The highest BCUT2D eigenvalue weighted by Gasteiger charge is 2.39. The molecule has 0 saturated carbocycles. The molecule has 0 amide bonds. The quantitative estimate of drug-likeness (QED) is 0.477. The number of sulfonamides is 1. The number of morpholine rings is 1. The van der Waals surface area contributed by atoms with Gasteiger partial charge in [-0.05, 0) is 13.0 Å². The second-order valence-corrected chi connectivity index (χ2v) is 12.1. The molecule has 0 bridgehead atoms. The lowest BCUT2D eigenvalue weighted by atomic mass is 10.0. The van der Waals surface area contributed by atoms with Crippen molar-refractivity contribution in [3.8, 4) is 10.7 Å². The predicted molar refractivity (Wildman–Crippen MR) is 125 cm³/mol.